The van der Waals surface area contributed by atoms with Gasteiger partial charge >= 0.3 is 0 Å². The number of hydrogen-bond acceptors (Lipinski definition) is 7. The molecule has 4 rings (SSSR count). The Kier molecular flexibility index (Phi) is 7.87. The van der Waals surface area contributed by atoms with E-state index in [4.69, 9.17) is 4.74 Å². The molecule has 4 aromatic rings. The van der Waals surface area contributed by atoms with E-state index in [0.717, 1.165) is 28.4 Å². The van der Waals surface area contributed by atoms with Gasteiger partial charge in [-0.1, -0.05) is 59.3 Å². The second-order valence-electron chi connectivity index (χ2n) is 8.35. The van der Waals surface area contributed by atoms with E-state index in [1.54, 1.807) is 0 Å². The van der Waals surface area contributed by atoms with Crippen LogP contribution in [0.1, 0.15) is 42.5 Å². The molecule has 0 saturated heterocycles. The molecule has 0 aliphatic rings. The number of amides is 1. The molecule has 1 amide bonds. The van der Waals surface area contributed by atoms with Gasteiger partial charge in [0.15, 0.2) is 22.2 Å². The van der Waals surface area contributed by atoms with Crippen molar-refractivity contribution in [2.24, 2.45) is 0 Å². The highest BCUT2D eigenvalue weighted by Gasteiger charge is 2.20. The summed E-state index contributed by atoms with van der Waals surface area (Å²) < 4.78 is 8.16. The average Bonchev–Trinajstić information content (AvgIpc) is 3.47. The van der Waals surface area contributed by atoms with Gasteiger partial charge in [-0.2, -0.15) is 0 Å². The Morgan fingerprint density at radius 1 is 1.11 bits per heavy atom. The minimum atomic E-state index is -0.275. The highest BCUT2D eigenvalue weighted by atomic mass is 32.2. The smallest absolute Gasteiger partial charge is 0.236 e. The van der Waals surface area contributed by atoms with Gasteiger partial charge in [0.2, 0.25) is 5.91 Å². The maximum Gasteiger partial charge on any atom is 0.236 e. The predicted octanol–water partition coefficient (Wildman–Crippen LogP) is 6.22. The molecule has 2 heterocycles. The number of aryl methyl sites for hydroxylation is 3. The van der Waals surface area contributed by atoms with Crippen molar-refractivity contribution in [3.63, 3.8) is 0 Å². The zero-order chi connectivity index (χ0) is 24.9. The van der Waals surface area contributed by atoms with Gasteiger partial charge in [0.05, 0.1) is 11.4 Å². The highest BCUT2D eigenvalue weighted by Crippen LogP contribution is 2.28. The molecule has 9 heteroatoms. The molecule has 1 N–H and O–H groups in total. The Morgan fingerprint density at radius 3 is 2.57 bits per heavy atom. The van der Waals surface area contributed by atoms with Crippen LogP contribution in [-0.2, 0) is 11.3 Å². The van der Waals surface area contributed by atoms with Gasteiger partial charge in [0, 0.05) is 17.5 Å². The third-order valence-corrected chi connectivity index (χ3v) is 7.21. The number of carbonyl (C=O) groups is 1. The van der Waals surface area contributed by atoms with Crippen LogP contribution >= 0.6 is 23.1 Å². The van der Waals surface area contributed by atoms with E-state index in [1.807, 2.05) is 55.0 Å². The van der Waals surface area contributed by atoms with E-state index in [9.17, 15) is 4.79 Å². The fraction of sp³-hybridized carbons (Fsp3) is 0.308. The second-order valence-corrected chi connectivity index (χ2v) is 10.2. The molecule has 0 saturated carbocycles. The highest BCUT2D eigenvalue weighted by molar-refractivity contribution is 7.99. The number of thiazole rings is 1. The van der Waals surface area contributed by atoms with Gasteiger partial charge < -0.3 is 14.6 Å². The van der Waals surface area contributed by atoms with Crippen LogP contribution in [-0.4, -0.2) is 31.4 Å². The van der Waals surface area contributed by atoms with Crippen LogP contribution in [0.4, 0.5) is 5.13 Å². The molecule has 0 fully saturated rings. The van der Waals surface area contributed by atoms with E-state index in [0.29, 0.717) is 16.8 Å². The predicted molar refractivity (Wildman–Crippen MR) is 142 cm³/mol. The van der Waals surface area contributed by atoms with Crippen LogP contribution in [0.5, 0.6) is 5.75 Å². The van der Waals surface area contributed by atoms with Gasteiger partial charge in [-0.3, -0.25) is 4.79 Å². The Balaban J connectivity index is 1.36. The first-order valence-electron chi connectivity index (χ1n) is 11.5. The van der Waals surface area contributed by atoms with Gasteiger partial charge in [-0.05, 0) is 46.2 Å². The first-order chi connectivity index (χ1) is 16.8. The Hall–Kier alpha value is -3.17. The molecule has 0 bridgehead atoms. The summed E-state index contributed by atoms with van der Waals surface area (Å²) in [5.41, 5.74) is 5.36. The van der Waals surface area contributed by atoms with Crippen molar-refractivity contribution in [1.29, 1.82) is 0 Å². The lowest BCUT2D eigenvalue weighted by molar-refractivity contribution is -0.113. The minimum absolute atomic E-state index is 0.133. The lowest BCUT2D eigenvalue weighted by atomic mass is 10.1. The quantitative estimate of drug-likeness (QED) is 0.271. The summed E-state index contributed by atoms with van der Waals surface area (Å²) in [6.07, 6.45) is -0.275. The van der Waals surface area contributed by atoms with Crippen LogP contribution < -0.4 is 10.1 Å². The maximum atomic E-state index is 12.6. The number of benzene rings is 2. The van der Waals surface area contributed by atoms with Crippen molar-refractivity contribution in [2.45, 2.75) is 52.4 Å². The van der Waals surface area contributed by atoms with Crippen molar-refractivity contribution >= 4 is 34.1 Å². The van der Waals surface area contributed by atoms with Crippen molar-refractivity contribution in [1.82, 2.24) is 19.7 Å². The lowest BCUT2D eigenvalue weighted by Gasteiger charge is -2.17. The molecule has 2 aromatic carbocycles. The molecule has 0 spiro atoms. The summed E-state index contributed by atoms with van der Waals surface area (Å²) in [5, 5.41) is 14.8. The number of rotatable bonds is 9. The largest absolute Gasteiger partial charge is 0.482 e. The van der Waals surface area contributed by atoms with Crippen molar-refractivity contribution in [3.05, 3.63) is 70.4 Å². The molecule has 0 aliphatic carbocycles. The second kappa shape index (κ2) is 11.0. The minimum Gasteiger partial charge on any atom is -0.482 e. The fourth-order valence-electron chi connectivity index (χ4n) is 3.65. The summed E-state index contributed by atoms with van der Waals surface area (Å²) in [6, 6.07) is 14.3. The van der Waals surface area contributed by atoms with Crippen LogP contribution in [0.15, 0.2) is 53.0 Å². The van der Waals surface area contributed by atoms with E-state index in [-0.39, 0.29) is 17.8 Å². The molecule has 0 aliphatic heterocycles. The standard InChI is InChI=1S/C26H29N5O2S2/c1-6-31-24(19(5)33-22-12-9-17(3)13-18(22)4)29-30-26(31)35-15-23(32)28-25-27-21(14-34-25)20-10-7-16(2)8-11-20/h7-14,19H,6,15H2,1-5H3,(H,27,28,32). The number of nitrogens with one attached hydrogen (secondary N) is 1. The summed E-state index contributed by atoms with van der Waals surface area (Å²) in [5.74, 6) is 1.64. The zero-order valence-corrected chi connectivity index (χ0v) is 22.2. The first-order valence-corrected chi connectivity index (χ1v) is 13.3. The number of hydrogen-bond donors (Lipinski definition) is 1. The normalized spacial score (nSPS) is 11.9. The van der Waals surface area contributed by atoms with Gasteiger partial charge in [-0.15, -0.1) is 21.5 Å². The summed E-state index contributed by atoms with van der Waals surface area (Å²) in [7, 11) is 0. The van der Waals surface area contributed by atoms with Gasteiger partial charge in [0.1, 0.15) is 5.75 Å². The molecular formula is C26H29N5O2S2. The summed E-state index contributed by atoms with van der Waals surface area (Å²) in [4.78, 5) is 17.1. The van der Waals surface area contributed by atoms with E-state index < -0.39 is 0 Å². The molecule has 1 unspecified atom stereocenters. The van der Waals surface area contributed by atoms with Crippen molar-refractivity contribution < 1.29 is 9.53 Å². The van der Waals surface area contributed by atoms with Crippen molar-refractivity contribution in [2.75, 3.05) is 11.1 Å². The maximum absolute atomic E-state index is 12.6. The molecule has 7 nitrogen and oxygen atoms in total. The number of ether oxygens (including phenoxy) is 1. The summed E-state index contributed by atoms with van der Waals surface area (Å²) in [6.45, 7) is 10.8. The van der Waals surface area contributed by atoms with Gasteiger partial charge in [-0.25, -0.2) is 4.98 Å². The third kappa shape index (κ3) is 6.10. The van der Waals surface area contributed by atoms with E-state index in [2.05, 4.69) is 52.5 Å². The molecule has 1 atom stereocenters. The Labute approximate surface area is 214 Å². The first kappa shape index (κ1) is 24.9. The van der Waals surface area contributed by atoms with Crippen molar-refractivity contribution in [3.8, 4) is 17.0 Å². The number of carbonyl (C=O) groups excluding carboxylic acids is 1. The van der Waals surface area contributed by atoms with Crippen LogP contribution in [0.2, 0.25) is 0 Å². The summed E-state index contributed by atoms with van der Waals surface area (Å²) >= 11 is 2.77. The zero-order valence-electron chi connectivity index (χ0n) is 20.5. The third-order valence-electron chi connectivity index (χ3n) is 5.49. The Bertz CT molecular complexity index is 1310. The number of anilines is 1. The van der Waals surface area contributed by atoms with E-state index >= 15 is 0 Å². The molecular weight excluding hydrogens is 478 g/mol. The van der Waals surface area contributed by atoms with E-state index in [1.165, 1.54) is 34.2 Å². The number of aromatic nitrogens is 4. The number of nitrogens with zero attached hydrogens (tertiary/aromatic N) is 4. The monoisotopic (exact) mass is 507 g/mol. The fourth-order valence-corrected chi connectivity index (χ4v) is 5.20. The molecule has 0 radical (unpaired) electrons. The molecule has 182 valence electrons. The average molecular weight is 508 g/mol. The molecule has 2 aromatic heterocycles. The number of thioether (sulfide) groups is 1. The Morgan fingerprint density at radius 2 is 1.86 bits per heavy atom. The van der Waals surface area contributed by atoms with Crippen LogP contribution in [0.3, 0.4) is 0 Å². The topological polar surface area (TPSA) is 81.9 Å². The van der Waals surface area contributed by atoms with Crippen LogP contribution in [0, 0.1) is 20.8 Å². The SMILES string of the molecule is CCn1c(SCC(=O)Nc2nc(-c3ccc(C)cc3)cs2)nnc1C(C)Oc1ccc(C)cc1C. The van der Waals surface area contributed by atoms with Crippen LogP contribution in [0.25, 0.3) is 11.3 Å². The lowest BCUT2D eigenvalue weighted by Crippen LogP contribution is -2.15. The molecule has 35 heavy (non-hydrogen) atoms. The van der Waals surface area contributed by atoms with Gasteiger partial charge in [0.25, 0.3) is 0 Å².